The van der Waals surface area contributed by atoms with Gasteiger partial charge in [0.1, 0.15) is 0 Å². The van der Waals surface area contributed by atoms with Gasteiger partial charge in [0.05, 0.1) is 0 Å². The average molecular weight is 625 g/mol. The number of nitrogens with zero attached hydrogens (tertiary/aromatic N) is 3. The van der Waals surface area contributed by atoms with Crippen molar-refractivity contribution in [3.63, 3.8) is 0 Å². The van der Waals surface area contributed by atoms with Gasteiger partial charge in [-0.15, -0.1) is 0 Å². The second kappa shape index (κ2) is 48.5. The molecule has 0 aromatic heterocycles. The average Bonchev–Trinajstić information content (AvgIpc) is 2.86. The third-order valence-electron chi connectivity index (χ3n) is 6.07. The smallest absolute Gasteiger partial charge is 0.00976 e. The number of rotatable bonds is 24. The fourth-order valence-corrected chi connectivity index (χ4v) is 4.34. The summed E-state index contributed by atoms with van der Waals surface area (Å²) in [4.78, 5) is 0. The highest BCUT2D eigenvalue weighted by Gasteiger charge is 2.00. The summed E-state index contributed by atoms with van der Waals surface area (Å²) in [5.74, 6) is 0. The Morgan fingerprint density at radius 2 is 0.410 bits per heavy atom. The SMILES string of the molecule is CCCCCN([S])CCCCC.CCCCCN([S])CCCCC.CCCCCN([S])CCCCC.F.F.F. The van der Waals surface area contributed by atoms with Crippen molar-refractivity contribution in [3.05, 3.63) is 0 Å². The molecule has 243 valence electrons. The van der Waals surface area contributed by atoms with Gasteiger partial charge in [0.15, 0.2) is 0 Å². The van der Waals surface area contributed by atoms with Crippen LogP contribution in [0.1, 0.15) is 157 Å². The van der Waals surface area contributed by atoms with Gasteiger partial charge in [0.25, 0.3) is 0 Å². The van der Waals surface area contributed by atoms with Crippen molar-refractivity contribution >= 4 is 38.4 Å². The van der Waals surface area contributed by atoms with Gasteiger partial charge in [-0.05, 0) is 38.5 Å². The molecule has 0 rings (SSSR count). The highest BCUT2D eigenvalue weighted by molar-refractivity contribution is 7.78. The molecule has 0 aromatic carbocycles. The van der Waals surface area contributed by atoms with E-state index in [1.54, 1.807) is 0 Å². The Hall–Kier alpha value is 0.720. The van der Waals surface area contributed by atoms with Gasteiger partial charge >= 0.3 is 0 Å². The lowest BCUT2D eigenvalue weighted by molar-refractivity contribution is 0.438. The number of unbranched alkanes of at least 4 members (excludes halogenated alkanes) is 12. The highest BCUT2D eigenvalue weighted by Crippen LogP contribution is 2.06. The van der Waals surface area contributed by atoms with Gasteiger partial charge in [0, 0.05) is 77.7 Å². The van der Waals surface area contributed by atoms with Crippen LogP contribution >= 0.6 is 38.4 Å². The van der Waals surface area contributed by atoms with Crippen LogP contribution in [-0.2, 0) is 0 Å². The minimum atomic E-state index is 0. The first-order chi connectivity index (χ1) is 17.4. The molecule has 0 saturated heterocycles. The zero-order valence-corrected chi connectivity index (χ0v) is 29.2. The van der Waals surface area contributed by atoms with E-state index in [1.165, 1.54) is 116 Å². The predicted octanol–water partition coefficient (Wildman–Crippen LogP) is 11.8. The minimum Gasteiger partial charge on any atom is -0.269 e. The number of hydrogen-bond donors (Lipinski definition) is 0. The first-order valence-corrected chi connectivity index (χ1v) is 16.8. The van der Waals surface area contributed by atoms with Gasteiger partial charge in [0.2, 0.25) is 0 Å². The second-order valence-electron chi connectivity index (χ2n) is 10.0. The summed E-state index contributed by atoms with van der Waals surface area (Å²) in [6.45, 7) is 20.0. The predicted molar refractivity (Wildman–Crippen MR) is 182 cm³/mol. The van der Waals surface area contributed by atoms with Crippen LogP contribution in [0.5, 0.6) is 0 Å². The molecule has 0 heterocycles. The quantitative estimate of drug-likeness (QED) is 0.0989. The van der Waals surface area contributed by atoms with Crippen molar-refractivity contribution in [1.29, 1.82) is 0 Å². The summed E-state index contributed by atoms with van der Waals surface area (Å²) in [5, 5.41) is 0. The lowest BCUT2D eigenvalue weighted by atomic mass is 10.2. The van der Waals surface area contributed by atoms with E-state index >= 15 is 0 Å². The Bertz CT molecular complexity index is 295. The van der Waals surface area contributed by atoms with Crippen LogP contribution in [0.15, 0.2) is 0 Å². The maximum Gasteiger partial charge on any atom is 0.00976 e. The highest BCUT2D eigenvalue weighted by atomic mass is 32.1. The van der Waals surface area contributed by atoms with E-state index in [2.05, 4.69) is 41.5 Å². The molecule has 0 bridgehead atoms. The summed E-state index contributed by atoms with van der Waals surface area (Å²) in [7, 11) is 0. The van der Waals surface area contributed by atoms with Crippen molar-refractivity contribution in [1.82, 2.24) is 12.9 Å². The molecule has 0 saturated carbocycles. The summed E-state index contributed by atoms with van der Waals surface area (Å²) in [5.41, 5.74) is 0. The molecule has 9 heteroatoms. The van der Waals surface area contributed by atoms with Crippen LogP contribution in [0.25, 0.3) is 0 Å². The third kappa shape index (κ3) is 55.3. The molecule has 0 aromatic rings. The molecule has 3 nitrogen and oxygen atoms in total. The van der Waals surface area contributed by atoms with Crippen LogP contribution in [0.3, 0.4) is 0 Å². The molecule has 0 unspecified atom stereocenters. The van der Waals surface area contributed by atoms with Crippen LogP contribution in [0.4, 0.5) is 14.1 Å². The van der Waals surface area contributed by atoms with Crippen molar-refractivity contribution in [2.45, 2.75) is 157 Å². The Balaban J connectivity index is -0.000000101. The second-order valence-corrected chi connectivity index (χ2v) is 11.6. The van der Waals surface area contributed by atoms with Gasteiger partial charge in [-0.1, -0.05) is 119 Å². The Morgan fingerprint density at radius 1 is 0.282 bits per heavy atom. The number of halogens is 3. The van der Waals surface area contributed by atoms with Crippen molar-refractivity contribution in [2.75, 3.05) is 39.3 Å². The minimum absolute atomic E-state index is 0. The molecule has 0 aliphatic carbocycles. The van der Waals surface area contributed by atoms with E-state index in [4.69, 9.17) is 38.4 Å². The monoisotopic (exact) mass is 624 g/mol. The van der Waals surface area contributed by atoms with E-state index in [0.717, 1.165) is 39.3 Å². The molecule has 0 N–H and O–H groups in total. The van der Waals surface area contributed by atoms with Crippen LogP contribution < -0.4 is 0 Å². The summed E-state index contributed by atoms with van der Waals surface area (Å²) in [6, 6.07) is 0. The molecule has 0 aliphatic heterocycles. The molecule has 39 heavy (non-hydrogen) atoms. The maximum atomic E-state index is 5.20. The van der Waals surface area contributed by atoms with E-state index in [0.29, 0.717) is 0 Å². The van der Waals surface area contributed by atoms with Crippen molar-refractivity contribution in [3.8, 4) is 0 Å². The molecule has 0 fully saturated rings. The fraction of sp³-hybridized carbons (Fsp3) is 1.00. The Labute approximate surface area is 261 Å². The number of hydrogen-bond acceptors (Lipinski definition) is 3. The van der Waals surface area contributed by atoms with Gasteiger partial charge in [-0.2, -0.15) is 0 Å². The first kappa shape index (κ1) is 52.4. The van der Waals surface area contributed by atoms with E-state index < -0.39 is 0 Å². The standard InChI is InChI=1S/3C10H22NS.3FH/c3*1-3-5-7-9-11(12)10-8-6-4-2;;;/h3*3-10H2,1-2H3;3*1H. The Morgan fingerprint density at radius 3 is 0.513 bits per heavy atom. The normalized spacial score (nSPS) is 10.2. The molecule has 3 radical (unpaired) electrons. The van der Waals surface area contributed by atoms with Crippen molar-refractivity contribution < 1.29 is 14.1 Å². The molecule has 0 amide bonds. The van der Waals surface area contributed by atoms with Crippen LogP contribution in [0.2, 0.25) is 0 Å². The van der Waals surface area contributed by atoms with Gasteiger partial charge in [-0.25, -0.2) is 12.9 Å². The summed E-state index contributed by atoms with van der Waals surface area (Å²) in [6.07, 6.45) is 23.3. The molecule has 0 atom stereocenters. The van der Waals surface area contributed by atoms with Crippen LogP contribution in [-0.4, -0.2) is 52.2 Å². The third-order valence-corrected chi connectivity index (χ3v) is 7.16. The Kier molecular flexibility index (Phi) is 65.1. The summed E-state index contributed by atoms with van der Waals surface area (Å²) >= 11 is 15.6. The van der Waals surface area contributed by atoms with E-state index in [1.807, 2.05) is 12.9 Å². The van der Waals surface area contributed by atoms with Crippen LogP contribution in [0, 0.1) is 0 Å². The van der Waals surface area contributed by atoms with E-state index in [-0.39, 0.29) is 14.1 Å². The maximum absolute atomic E-state index is 5.20. The summed E-state index contributed by atoms with van der Waals surface area (Å²) < 4.78 is 6.14. The zero-order valence-electron chi connectivity index (χ0n) is 26.8. The fourth-order valence-electron chi connectivity index (χ4n) is 3.56. The van der Waals surface area contributed by atoms with Gasteiger partial charge < -0.3 is 0 Å². The zero-order chi connectivity index (χ0) is 27.7. The largest absolute Gasteiger partial charge is 0.269 e. The van der Waals surface area contributed by atoms with E-state index in [9.17, 15) is 0 Å². The van der Waals surface area contributed by atoms with Crippen molar-refractivity contribution in [2.24, 2.45) is 0 Å². The molecular formula is C30H69F3N3S3. The first-order valence-electron chi connectivity index (χ1n) is 15.7. The lowest BCUT2D eigenvalue weighted by Crippen LogP contribution is -2.15. The molecule has 0 spiro atoms. The molecular weight excluding hydrogens is 556 g/mol. The molecule has 0 aliphatic rings. The van der Waals surface area contributed by atoms with Gasteiger partial charge in [-0.3, -0.25) is 14.1 Å². The lowest BCUT2D eigenvalue weighted by Gasteiger charge is -2.12. The topological polar surface area (TPSA) is 9.72 Å².